The summed E-state index contributed by atoms with van der Waals surface area (Å²) >= 11 is 0. The van der Waals surface area contributed by atoms with Crippen LogP contribution in [0.3, 0.4) is 0 Å². The molecule has 1 aliphatic carbocycles. The molecule has 1 N–H and O–H groups in total. The fourth-order valence-electron chi connectivity index (χ4n) is 4.00. The molecule has 29 heavy (non-hydrogen) atoms. The fourth-order valence-corrected chi connectivity index (χ4v) is 4.00. The van der Waals surface area contributed by atoms with E-state index in [9.17, 15) is 14.4 Å². The Balaban J connectivity index is 1.58. The quantitative estimate of drug-likeness (QED) is 0.740. The van der Waals surface area contributed by atoms with Crippen molar-refractivity contribution in [2.24, 2.45) is 5.92 Å². The number of nitrogens with one attached hydrogen (secondary N) is 1. The van der Waals surface area contributed by atoms with E-state index in [0.717, 1.165) is 31.2 Å². The molecule has 2 amide bonds. The highest BCUT2D eigenvalue weighted by Gasteiger charge is 2.38. The average Bonchev–Trinajstić information content (AvgIpc) is 3.10. The number of rotatable bonds is 6. The van der Waals surface area contributed by atoms with E-state index in [1.807, 2.05) is 19.1 Å². The van der Waals surface area contributed by atoms with Crippen LogP contribution < -0.4 is 15.0 Å². The van der Waals surface area contributed by atoms with Crippen molar-refractivity contribution in [3.05, 3.63) is 23.8 Å². The Morgan fingerprint density at radius 1 is 1.21 bits per heavy atom. The van der Waals surface area contributed by atoms with Crippen LogP contribution in [0.4, 0.5) is 5.69 Å². The van der Waals surface area contributed by atoms with Crippen molar-refractivity contribution in [3.8, 4) is 5.75 Å². The number of hydrogen-bond acceptors (Lipinski definition) is 5. The Morgan fingerprint density at radius 2 is 1.93 bits per heavy atom. The monoisotopic (exact) mass is 402 g/mol. The maximum atomic E-state index is 12.6. The number of aryl methyl sites for hydroxylation is 1. The van der Waals surface area contributed by atoms with Crippen LogP contribution in [-0.4, -0.2) is 43.6 Å². The van der Waals surface area contributed by atoms with Gasteiger partial charge in [-0.05, 0) is 44.4 Å². The zero-order chi connectivity index (χ0) is 21.0. The highest BCUT2D eigenvalue weighted by Crippen LogP contribution is 2.34. The lowest BCUT2D eigenvalue weighted by Gasteiger charge is -2.24. The molecule has 0 unspecified atom stereocenters. The molecule has 0 bridgehead atoms. The third-order valence-electron chi connectivity index (χ3n) is 5.70. The molecule has 2 aliphatic rings. The SMILES string of the molecule is COc1ccc(C)cc1N1C[C@H](C(=O)O[C@@H](C)C(=O)NC2CCCCC2)CC1=O. The molecular formula is C22H30N2O5. The Hall–Kier alpha value is -2.57. The van der Waals surface area contributed by atoms with E-state index in [1.165, 1.54) is 6.42 Å². The van der Waals surface area contributed by atoms with Crippen molar-refractivity contribution < 1.29 is 23.9 Å². The number of ether oxygens (including phenoxy) is 2. The molecule has 158 valence electrons. The third-order valence-corrected chi connectivity index (χ3v) is 5.70. The van der Waals surface area contributed by atoms with Crippen molar-refractivity contribution in [2.75, 3.05) is 18.6 Å². The highest BCUT2D eigenvalue weighted by atomic mass is 16.5. The van der Waals surface area contributed by atoms with E-state index >= 15 is 0 Å². The maximum Gasteiger partial charge on any atom is 0.312 e. The molecule has 1 aromatic rings. The number of hydrogen-bond donors (Lipinski definition) is 1. The summed E-state index contributed by atoms with van der Waals surface area (Å²) in [5.41, 5.74) is 1.64. The van der Waals surface area contributed by atoms with Gasteiger partial charge in [0.25, 0.3) is 5.91 Å². The van der Waals surface area contributed by atoms with Crippen LogP contribution in [-0.2, 0) is 19.1 Å². The standard InChI is InChI=1S/C22H30N2O5/c1-14-9-10-19(28-3)18(11-14)24-13-16(12-20(24)25)22(27)29-15(2)21(26)23-17-7-5-4-6-8-17/h9-11,15-17H,4-8,12-13H2,1-3H3,(H,23,26)/t15-,16+/m0/s1. The first-order chi connectivity index (χ1) is 13.9. The summed E-state index contributed by atoms with van der Waals surface area (Å²) in [6.07, 6.45) is 4.56. The molecule has 3 rings (SSSR count). The first-order valence-corrected chi connectivity index (χ1v) is 10.3. The van der Waals surface area contributed by atoms with Crippen LogP contribution in [0.5, 0.6) is 5.75 Å². The van der Waals surface area contributed by atoms with E-state index in [0.29, 0.717) is 11.4 Å². The molecule has 2 fully saturated rings. The zero-order valence-corrected chi connectivity index (χ0v) is 17.4. The number of anilines is 1. The second-order valence-electron chi connectivity index (χ2n) is 8.00. The molecule has 1 saturated heterocycles. The lowest BCUT2D eigenvalue weighted by Crippen LogP contribution is -2.43. The minimum Gasteiger partial charge on any atom is -0.495 e. The van der Waals surface area contributed by atoms with Crippen LogP contribution >= 0.6 is 0 Å². The highest BCUT2D eigenvalue weighted by molar-refractivity contribution is 6.00. The molecule has 7 nitrogen and oxygen atoms in total. The number of methoxy groups -OCH3 is 1. The molecule has 0 spiro atoms. The fraction of sp³-hybridized carbons (Fsp3) is 0.591. The summed E-state index contributed by atoms with van der Waals surface area (Å²) in [5.74, 6) is -0.962. The summed E-state index contributed by atoms with van der Waals surface area (Å²) in [6, 6.07) is 5.74. The summed E-state index contributed by atoms with van der Waals surface area (Å²) in [7, 11) is 1.55. The van der Waals surface area contributed by atoms with Gasteiger partial charge in [0.05, 0.1) is 18.7 Å². The van der Waals surface area contributed by atoms with E-state index in [2.05, 4.69) is 5.32 Å². The van der Waals surface area contributed by atoms with Gasteiger partial charge in [-0.3, -0.25) is 14.4 Å². The van der Waals surface area contributed by atoms with Gasteiger partial charge in [-0.2, -0.15) is 0 Å². The van der Waals surface area contributed by atoms with Crippen molar-refractivity contribution in [3.63, 3.8) is 0 Å². The predicted octanol–water partition coefficient (Wildman–Crippen LogP) is 2.74. The van der Waals surface area contributed by atoms with Gasteiger partial charge in [0.1, 0.15) is 5.75 Å². The molecule has 1 aromatic carbocycles. The van der Waals surface area contributed by atoms with E-state index < -0.39 is 18.0 Å². The molecular weight excluding hydrogens is 372 g/mol. The Kier molecular flexibility index (Phi) is 6.77. The van der Waals surface area contributed by atoms with Crippen molar-refractivity contribution in [1.29, 1.82) is 0 Å². The normalized spacial score (nSPS) is 21.0. The van der Waals surface area contributed by atoms with E-state index in [4.69, 9.17) is 9.47 Å². The second-order valence-corrected chi connectivity index (χ2v) is 8.00. The first-order valence-electron chi connectivity index (χ1n) is 10.3. The molecule has 0 radical (unpaired) electrons. The molecule has 1 heterocycles. The topological polar surface area (TPSA) is 84.9 Å². The molecule has 0 aromatic heterocycles. The van der Waals surface area contributed by atoms with Crippen molar-refractivity contribution in [2.45, 2.75) is 64.5 Å². The maximum absolute atomic E-state index is 12.6. The van der Waals surface area contributed by atoms with Crippen LogP contribution in [0.25, 0.3) is 0 Å². The van der Waals surface area contributed by atoms with Gasteiger partial charge in [0, 0.05) is 19.0 Å². The summed E-state index contributed by atoms with van der Waals surface area (Å²) in [6.45, 7) is 3.73. The van der Waals surface area contributed by atoms with E-state index in [-0.39, 0.29) is 30.8 Å². The number of nitrogens with zero attached hydrogens (tertiary/aromatic N) is 1. The minimum atomic E-state index is -0.873. The van der Waals surface area contributed by atoms with Gasteiger partial charge in [-0.1, -0.05) is 25.3 Å². The molecule has 1 saturated carbocycles. The Morgan fingerprint density at radius 3 is 2.62 bits per heavy atom. The number of carbonyl (C=O) groups excluding carboxylic acids is 3. The van der Waals surface area contributed by atoms with Crippen LogP contribution in [0.1, 0.15) is 51.0 Å². The van der Waals surface area contributed by atoms with Crippen molar-refractivity contribution >= 4 is 23.5 Å². The first kappa shape index (κ1) is 21.1. The van der Waals surface area contributed by atoms with Crippen LogP contribution in [0, 0.1) is 12.8 Å². The Bertz CT molecular complexity index is 772. The third kappa shape index (κ3) is 5.08. The lowest BCUT2D eigenvalue weighted by atomic mass is 9.95. The number of benzene rings is 1. The minimum absolute atomic E-state index is 0.0624. The van der Waals surface area contributed by atoms with Gasteiger partial charge in [-0.15, -0.1) is 0 Å². The molecule has 1 aliphatic heterocycles. The Labute approximate surface area is 171 Å². The van der Waals surface area contributed by atoms with Gasteiger partial charge < -0.3 is 19.7 Å². The van der Waals surface area contributed by atoms with Crippen LogP contribution in [0.2, 0.25) is 0 Å². The summed E-state index contributed by atoms with van der Waals surface area (Å²) in [5, 5.41) is 2.97. The van der Waals surface area contributed by atoms with Crippen molar-refractivity contribution in [1.82, 2.24) is 5.32 Å². The average molecular weight is 402 g/mol. The van der Waals surface area contributed by atoms with E-state index in [1.54, 1.807) is 25.0 Å². The number of carbonyl (C=O) groups is 3. The summed E-state index contributed by atoms with van der Waals surface area (Å²) < 4.78 is 10.8. The number of amides is 2. The number of esters is 1. The molecule has 2 atom stereocenters. The smallest absolute Gasteiger partial charge is 0.312 e. The van der Waals surface area contributed by atoms with Gasteiger partial charge in [-0.25, -0.2) is 0 Å². The largest absolute Gasteiger partial charge is 0.495 e. The second kappa shape index (κ2) is 9.29. The summed E-state index contributed by atoms with van der Waals surface area (Å²) in [4.78, 5) is 39.0. The van der Waals surface area contributed by atoms with Gasteiger partial charge in [0.15, 0.2) is 6.10 Å². The molecule has 7 heteroatoms. The predicted molar refractivity (Wildman–Crippen MR) is 109 cm³/mol. The van der Waals surface area contributed by atoms with Gasteiger partial charge in [0.2, 0.25) is 5.91 Å². The van der Waals surface area contributed by atoms with Gasteiger partial charge >= 0.3 is 5.97 Å². The zero-order valence-electron chi connectivity index (χ0n) is 17.4. The lowest BCUT2D eigenvalue weighted by molar-refractivity contribution is -0.158. The van der Waals surface area contributed by atoms with Crippen LogP contribution in [0.15, 0.2) is 18.2 Å².